The van der Waals surface area contributed by atoms with E-state index in [1.54, 1.807) is 13.2 Å². The molecule has 0 N–H and O–H groups in total. The highest BCUT2D eigenvalue weighted by atomic mass is 16.5. The minimum absolute atomic E-state index is 0.400. The Hall–Kier alpha value is -1.80. The van der Waals surface area contributed by atoms with Crippen LogP contribution < -0.4 is 9.64 Å². The van der Waals surface area contributed by atoms with Crippen molar-refractivity contribution in [3.63, 3.8) is 0 Å². The van der Waals surface area contributed by atoms with Crippen LogP contribution in [-0.4, -0.2) is 26.3 Å². The smallest absolute Gasteiger partial charge is 0.235 e. The Morgan fingerprint density at radius 3 is 2.55 bits per heavy atom. The van der Waals surface area contributed by atoms with Gasteiger partial charge in [-0.3, -0.25) is 0 Å². The first-order chi connectivity index (χ1) is 9.79. The normalized spacial score (nSPS) is 20.1. The lowest BCUT2D eigenvalue weighted by molar-refractivity contribution is 0.246. The molecule has 0 bridgehead atoms. The van der Waals surface area contributed by atoms with Gasteiger partial charge in [0.25, 0.3) is 0 Å². The second kappa shape index (κ2) is 5.29. The zero-order chi connectivity index (χ0) is 14.0. The van der Waals surface area contributed by atoms with Crippen molar-refractivity contribution >= 4 is 11.8 Å². The summed E-state index contributed by atoms with van der Waals surface area (Å²) in [6.07, 6.45) is 7.16. The Labute approximate surface area is 119 Å². The minimum atomic E-state index is -0.400. The standard InChI is InChI=1S/C16H20N2O2/c1-20-15-6-5-13(18-9-2-3-10-18)11-14(15)16(17-12-19)7-4-8-16/h5-6,11H,2-4,7-10H2,1H3. The maximum absolute atomic E-state index is 10.8. The Kier molecular flexibility index (Phi) is 3.49. The fourth-order valence-corrected chi connectivity index (χ4v) is 3.27. The van der Waals surface area contributed by atoms with E-state index in [4.69, 9.17) is 4.74 Å². The van der Waals surface area contributed by atoms with Crippen molar-refractivity contribution < 1.29 is 9.53 Å². The third-order valence-electron chi connectivity index (χ3n) is 4.60. The number of methoxy groups -OCH3 is 1. The lowest BCUT2D eigenvalue weighted by atomic mass is 9.72. The quantitative estimate of drug-likeness (QED) is 0.625. The molecule has 0 atom stereocenters. The molecule has 4 heteroatoms. The lowest BCUT2D eigenvalue weighted by Gasteiger charge is -2.38. The Morgan fingerprint density at radius 2 is 2.00 bits per heavy atom. The van der Waals surface area contributed by atoms with E-state index in [1.165, 1.54) is 18.5 Å². The van der Waals surface area contributed by atoms with Crippen LogP contribution in [0.4, 0.5) is 5.69 Å². The number of isocyanates is 1. The number of benzene rings is 1. The molecule has 0 unspecified atom stereocenters. The molecule has 1 aliphatic heterocycles. The highest BCUT2D eigenvalue weighted by Crippen LogP contribution is 2.49. The molecule has 0 radical (unpaired) electrons. The van der Waals surface area contributed by atoms with E-state index >= 15 is 0 Å². The first-order valence-corrected chi connectivity index (χ1v) is 7.31. The van der Waals surface area contributed by atoms with E-state index in [-0.39, 0.29) is 0 Å². The molecule has 1 heterocycles. The first kappa shape index (κ1) is 13.2. The van der Waals surface area contributed by atoms with E-state index in [0.717, 1.165) is 43.7 Å². The van der Waals surface area contributed by atoms with Gasteiger partial charge >= 0.3 is 0 Å². The third-order valence-corrected chi connectivity index (χ3v) is 4.60. The first-order valence-electron chi connectivity index (χ1n) is 7.31. The Morgan fingerprint density at radius 1 is 1.25 bits per heavy atom. The predicted molar refractivity (Wildman–Crippen MR) is 78.1 cm³/mol. The summed E-state index contributed by atoms with van der Waals surface area (Å²) in [5.41, 5.74) is 1.85. The molecule has 1 aromatic carbocycles. The molecule has 1 saturated heterocycles. The maximum Gasteiger partial charge on any atom is 0.235 e. The molecule has 0 amide bonds. The molecule has 3 rings (SSSR count). The Balaban J connectivity index is 2.02. The SMILES string of the molecule is COc1ccc(N2CCCC2)cc1C1(N=C=O)CCC1. The summed E-state index contributed by atoms with van der Waals surface area (Å²) in [5, 5.41) is 0. The number of hydrogen-bond acceptors (Lipinski definition) is 4. The van der Waals surface area contributed by atoms with E-state index < -0.39 is 5.54 Å². The summed E-state index contributed by atoms with van der Waals surface area (Å²) in [5.74, 6) is 0.826. The second-order valence-corrected chi connectivity index (χ2v) is 5.67. The zero-order valence-electron chi connectivity index (χ0n) is 11.9. The highest BCUT2D eigenvalue weighted by molar-refractivity contribution is 5.57. The van der Waals surface area contributed by atoms with Gasteiger partial charge in [-0.25, -0.2) is 4.79 Å². The molecule has 2 fully saturated rings. The van der Waals surface area contributed by atoms with Gasteiger partial charge in [-0.2, -0.15) is 4.99 Å². The summed E-state index contributed by atoms with van der Waals surface area (Å²) in [6.45, 7) is 2.21. The molecule has 1 saturated carbocycles. The van der Waals surface area contributed by atoms with Gasteiger partial charge in [0.2, 0.25) is 6.08 Å². The largest absolute Gasteiger partial charge is 0.496 e. The minimum Gasteiger partial charge on any atom is -0.496 e. The van der Waals surface area contributed by atoms with Gasteiger partial charge in [-0.1, -0.05) is 0 Å². The van der Waals surface area contributed by atoms with Crippen LogP contribution in [0.25, 0.3) is 0 Å². The summed E-state index contributed by atoms with van der Waals surface area (Å²) < 4.78 is 5.48. The van der Waals surface area contributed by atoms with Crippen molar-refractivity contribution in [3.05, 3.63) is 23.8 Å². The van der Waals surface area contributed by atoms with E-state index in [0.29, 0.717) is 0 Å². The van der Waals surface area contributed by atoms with E-state index in [2.05, 4.69) is 22.0 Å². The topological polar surface area (TPSA) is 41.9 Å². The average Bonchev–Trinajstić information content (AvgIpc) is 2.96. The van der Waals surface area contributed by atoms with Crippen molar-refractivity contribution in [2.45, 2.75) is 37.6 Å². The molecule has 1 aromatic rings. The monoisotopic (exact) mass is 272 g/mol. The Bertz CT molecular complexity index is 539. The number of ether oxygens (including phenoxy) is 1. The zero-order valence-corrected chi connectivity index (χ0v) is 11.9. The number of hydrogen-bond donors (Lipinski definition) is 0. The van der Waals surface area contributed by atoms with Gasteiger partial charge in [0.1, 0.15) is 11.3 Å². The lowest BCUT2D eigenvalue weighted by Crippen LogP contribution is -2.32. The van der Waals surface area contributed by atoms with Crippen LogP contribution >= 0.6 is 0 Å². The van der Waals surface area contributed by atoms with Crippen molar-refractivity contribution in [1.82, 2.24) is 0 Å². The molecule has 0 spiro atoms. The van der Waals surface area contributed by atoms with Gasteiger partial charge in [0.15, 0.2) is 0 Å². The molecule has 2 aliphatic rings. The summed E-state index contributed by atoms with van der Waals surface area (Å²) in [7, 11) is 1.67. The van der Waals surface area contributed by atoms with Gasteiger partial charge in [0.05, 0.1) is 7.11 Å². The summed E-state index contributed by atoms with van der Waals surface area (Å²) in [6, 6.07) is 6.26. The average molecular weight is 272 g/mol. The highest BCUT2D eigenvalue weighted by Gasteiger charge is 2.41. The summed E-state index contributed by atoms with van der Waals surface area (Å²) in [4.78, 5) is 17.3. The van der Waals surface area contributed by atoms with Crippen LogP contribution in [0.15, 0.2) is 23.2 Å². The molecular weight excluding hydrogens is 252 g/mol. The molecular formula is C16H20N2O2. The molecule has 0 aromatic heterocycles. The maximum atomic E-state index is 10.8. The van der Waals surface area contributed by atoms with Crippen LogP contribution in [0.2, 0.25) is 0 Å². The van der Waals surface area contributed by atoms with Gasteiger partial charge in [0, 0.05) is 24.3 Å². The molecule has 20 heavy (non-hydrogen) atoms. The van der Waals surface area contributed by atoms with Gasteiger partial charge in [-0.15, -0.1) is 0 Å². The molecule has 106 valence electrons. The number of anilines is 1. The van der Waals surface area contributed by atoms with E-state index in [1.807, 2.05) is 6.07 Å². The molecule has 1 aliphatic carbocycles. The van der Waals surface area contributed by atoms with Crippen LogP contribution in [0.5, 0.6) is 5.75 Å². The summed E-state index contributed by atoms with van der Waals surface area (Å²) >= 11 is 0. The second-order valence-electron chi connectivity index (χ2n) is 5.67. The van der Waals surface area contributed by atoms with Crippen molar-refractivity contribution in [3.8, 4) is 5.75 Å². The predicted octanol–water partition coefficient (Wildman–Crippen LogP) is 3.01. The van der Waals surface area contributed by atoms with Crippen molar-refractivity contribution in [2.75, 3.05) is 25.1 Å². The van der Waals surface area contributed by atoms with Gasteiger partial charge in [-0.05, 0) is 50.3 Å². The fraction of sp³-hybridized carbons (Fsp3) is 0.562. The van der Waals surface area contributed by atoms with Crippen LogP contribution in [0.1, 0.15) is 37.7 Å². The van der Waals surface area contributed by atoms with Crippen LogP contribution in [-0.2, 0) is 10.3 Å². The number of aliphatic imine (C=N–C) groups is 1. The van der Waals surface area contributed by atoms with Crippen LogP contribution in [0, 0.1) is 0 Å². The van der Waals surface area contributed by atoms with Crippen molar-refractivity contribution in [2.24, 2.45) is 4.99 Å². The number of nitrogens with zero attached hydrogens (tertiary/aromatic N) is 2. The third kappa shape index (κ3) is 2.10. The van der Waals surface area contributed by atoms with Gasteiger partial charge < -0.3 is 9.64 Å². The van der Waals surface area contributed by atoms with Crippen molar-refractivity contribution in [1.29, 1.82) is 0 Å². The van der Waals surface area contributed by atoms with E-state index in [9.17, 15) is 4.79 Å². The number of carbonyl (C=O) groups excluding carboxylic acids is 1. The molecule has 4 nitrogen and oxygen atoms in total. The van der Waals surface area contributed by atoms with Crippen LogP contribution in [0.3, 0.4) is 0 Å². The fourth-order valence-electron chi connectivity index (χ4n) is 3.27. The number of rotatable bonds is 4.